The van der Waals surface area contributed by atoms with Crippen LogP contribution < -0.4 is 10.6 Å². The summed E-state index contributed by atoms with van der Waals surface area (Å²) in [6.07, 6.45) is 0. The number of carbonyl (C=O) groups excluding carboxylic acids is 2. The van der Waals surface area contributed by atoms with E-state index in [0.717, 1.165) is 11.1 Å². The Bertz CT molecular complexity index is 1020. The Labute approximate surface area is 176 Å². The molecule has 0 radical (unpaired) electrons. The topological polar surface area (TPSA) is 75.3 Å². The first-order valence-corrected chi connectivity index (χ1v) is 10.7. The van der Waals surface area contributed by atoms with E-state index in [-0.39, 0.29) is 11.5 Å². The van der Waals surface area contributed by atoms with Crippen LogP contribution in [0, 0.1) is 0 Å². The van der Waals surface area contributed by atoms with Gasteiger partial charge in [-0.1, -0.05) is 60.1 Å². The lowest BCUT2D eigenvalue weighted by atomic mass is 10.0. The number of carbonyl (C=O) groups is 2. The van der Waals surface area contributed by atoms with Crippen LogP contribution in [0.2, 0.25) is 5.02 Å². The Kier molecular flexibility index (Phi) is 7.16. The smallest absolute Gasteiger partial charge is 0.237 e. The molecule has 3 aromatic carbocycles. The summed E-state index contributed by atoms with van der Waals surface area (Å²) in [5.74, 6) is -1.37. The fraction of sp³-hybridized carbons (Fsp3) is 0.0909. The van der Waals surface area contributed by atoms with Gasteiger partial charge in [-0.05, 0) is 35.9 Å². The van der Waals surface area contributed by atoms with Crippen LogP contribution in [0.3, 0.4) is 0 Å². The third-order valence-electron chi connectivity index (χ3n) is 4.00. The highest BCUT2D eigenvalue weighted by molar-refractivity contribution is 7.86. The maximum Gasteiger partial charge on any atom is 0.237 e. The van der Waals surface area contributed by atoms with Crippen molar-refractivity contribution in [1.82, 2.24) is 0 Å². The summed E-state index contributed by atoms with van der Waals surface area (Å²) in [6.45, 7) is 0. The van der Waals surface area contributed by atoms with Gasteiger partial charge in [0, 0.05) is 32.8 Å². The van der Waals surface area contributed by atoms with Crippen molar-refractivity contribution in [3.05, 3.63) is 83.9 Å². The van der Waals surface area contributed by atoms with E-state index >= 15 is 0 Å². The summed E-state index contributed by atoms with van der Waals surface area (Å²) in [6, 6.07) is 23.6. The molecule has 0 aliphatic heterocycles. The van der Waals surface area contributed by atoms with Crippen LogP contribution in [0.5, 0.6) is 0 Å². The largest absolute Gasteiger partial charge is 0.325 e. The van der Waals surface area contributed by atoms with E-state index in [2.05, 4.69) is 10.6 Å². The molecular weight excluding hydrogens is 408 g/mol. The maximum absolute atomic E-state index is 12.3. The summed E-state index contributed by atoms with van der Waals surface area (Å²) in [4.78, 5) is 24.4. The van der Waals surface area contributed by atoms with E-state index in [1.807, 2.05) is 48.5 Å². The lowest BCUT2D eigenvalue weighted by Crippen LogP contribution is -2.26. The first-order chi connectivity index (χ1) is 14.0. The lowest BCUT2D eigenvalue weighted by Gasteiger charge is -2.11. The second-order valence-corrected chi connectivity index (χ2v) is 8.14. The van der Waals surface area contributed by atoms with Gasteiger partial charge in [0.05, 0.1) is 0 Å². The van der Waals surface area contributed by atoms with Crippen molar-refractivity contribution in [3.8, 4) is 11.1 Å². The molecule has 0 saturated carbocycles. The van der Waals surface area contributed by atoms with Crippen LogP contribution in [-0.2, 0) is 20.4 Å². The van der Waals surface area contributed by atoms with Gasteiger partial charge >= 0.3 is 0 Å². The van der Waals surface area contributed by atoms with Gasteiger partial charge in [-0.15, -0.1) is 0 Å². The number of anilines is 2. The Balaban J connectivity index is 1.56. The van der Waals surface area contributed by atoms with Crippen LogP contribution >= 0.6 is 11.6 Å². The van der Waals surface area contributed by atoms with Crippen LogP contribution in [0.25, 0.3) is 11.1 Å². The highest BCUT2D eigenvalue weighted by Crippen LogP contribution is 2.27. The van der Waals surface area contributed by atoms with Crippen molar-refractivity contribution in [2.45, 2.75) is 0 Å². The van der Waals surface area contributed by atoms with E-state index in [9.17, 15) is 13.8 Å². The lowest BCUT2D eigenvalue weighted by molar-refractivity contribution is -0.114. The minimum atomic E-state index is -1.63. The molecule has 0 bridgehead atoms. The molecule has 1 atom stereocenters. The van der Waals surface area contributed by atoms with Gasteiger partial charge in [0.25, 0.3) is 0 Å². The highest BCUT2D eigenvalue weighted by Gasteiger charge is 2.14. The Hall–Kier alpha value is -2.96. The molecule has 3 aromatic rings. The molecule has 2 amide bonds. The van der Waals surface area contributed by atoms with Crippen molar-refractivity contribution in [2.24, 2.45) is 0 Å². The number of nitrogens with one attached hydrogen (secondary N) is 2. The van der Waals surface area contributed by atoms with Gasteiger partial charge in [-0.25, -0.2) is 0 Å². The molecule has 0 aromatic heterocycles. The van der Waals surface area contributed by atoms with Crippen LogP contribution in [0.15, 0.2) is 78.9 Å². The minimum absolute atomic E-state index is 0.267. The zero-order valence-corrected chi connectivity index (χ0v) is 17.0. The van der Waals surface area contributed by atoms with Crippen molar-refractivity contribution < 1.29 is 13.8 Å². The normalized spacial score (nSPS) is 11.5. The molecule has 1 unspecified atom stereocenters. The fourth-order valence-electron chi connectivity index (χ4n) is 2.72. The summed E-state index contributed by atoms with van der Waals surface area (Å²) < 4.78 is 12.2. The van der Waals surface area contributed by atoms with Gasteiger partial charge in [0.2, 0.25) is 11.8 Å². The summed E-state index contributed by atoms with van der Waals surface area (Å²) in [7, 11) is -1.63. The average molecular weight is 427 g/mol. The molecule has 2 N–H and O–H groups in total. The van der Waals surface area contributed by atoms with Crippen LogP contribution in [-0.4, -0.2) is 27.5 Å². The van der Waals surface area contributed by atoms with Gasteiger partial charge in [-0.2, -0.15) is 0 Å². The second-order valence-electron chi connectivity index (χ2n) is 6.24. The van der Waals surface area contributed by atoms with E-state index in [1.165, 1.54) is 0 Å². The van der Waals surface area contributed by atoms with Gasteiger partial charge in [0.15, 0.2) is 0 Å². The zero-order valence-electron chi connectivity index (χ0n) is 15.4. The van der Waals surface area contributed by atoms with Gasteiger partial charge in [-0.3, -0.25) is 13.8 Å². The summed E-state index contributed by atoms with van der Waals surface area (Å²) >= 11 is 5.80. The predicted octanol–water partition coefficient (Wildman–Crippen LogP) is 4.33. The fourth-order valence-corrected chi connectivity index (χ4v) is 3.68. The number of hydrogen-bond acceptors (Lipinski definition) is 3. The van der Waals surface area contributed by atoms with Crippen LogP contribution in [0.4, 0.5) is 11.4 Å². The van der Waals surface area contributed by atoms with E-state index in [1.54, 1.807) is 30.3 Å². The van der Waals surface area contributed by atoms with E-state index in [0.29, 0.717) is 16.4 Å². The molecule has 0 fully saturated rings. The summed E-state index contributed by atoms with van der Waals surface area (Å²) in [5, 5.41) is 5.98. The predicted molar refractivity (Wildman–Crippen MR) is 118 cm³/mol. The number of para-hydroxylation sites is 1. The van der Waals surface area contributed by atoms with Crippen molar-refractivity contribution >= 4 is 45.6 Å². The number of benzene rings is 3. The molecule has 0 saturated heterocycles. The first-order valence-electron chi connectivity index (χ1n) is 8.86. The van der Waals surface area contributed by atoms with E-state index < -0.39 is 22.6 Å². The first kappa shape index (κ1) is 20.8. The third kappa shape index (κ3) is 6.27. The average Bonchev–Trinajstić information content (AvgIpc) is 2.70. The molecule has 0 aliphatic rings. The molecule has 148 valence electrons. The molecule has 0 aliphatic carbocycles. The van der Waals surface area contributed by atoms with E-state index in [4.69, 9.17) is 11.6 Å². The molecule has 29 heavy (non-hydrogen) atoms. The van der Waals surface area contributed by atoms with Crippen LogP contribution in [0.1, 0.15) is 0 Å². The molecular formula is C22H19ClN2O3S. The summed E-state index contributed by atoms with van der Waals surface area (Å²) in [5.41, 5.74) is 3.02. The van der Waals surface area contributed by atoms with Gasteiger partial charge in [0.1, 0.15) is 11.5 Å². The minimum Gasteiger partial charge on any atom is -0.325 e. The standard InChI is InChI=1S/C22H19ClN2O3S/c23-17-10-12-18(13-11-17)24-21(26)14-29(28)15-22(27)25-20-9-5-4-8-19(20)16-6-2-1-3-7-16/h1-13H,14-15H2,(H,24,26)(H,25,27). The second kappa shape index (κ2) is 10.0. The maximum atomic E-state index is 12.3. The Morgan fingerprint density at radius 2 is 1.34 bits per heavy atom. The Morgan fingerprint density at radius 1 is 0.759 bits per heavy atom. The third-order valence-corrected chi connectivity index (χ3v) is 5.42. The quantitative estimate of drug-likeness (QED) is 0.590. The molecule has 5 nitrogen and oxygen atoms in total. The Morgan fingerprint density at radius 3 is 2.03 bits per heavy atom. The number of amides is 2. The van der Waals surface area contributed by atoms with Crippen molar-refractivity contribution in [2.75, 3.05) is 22.1 Å². The van der Waals surface area contributed by atoms with Crippen molar-refractivity contribution in [3.63, 3.8) is 0 Å². The zero-order chi connectivity index (χ0) is 20.6. The van der Waals surface area contributed by atoms with Gasteiger partial charge < -0.3 is 10.6 Å². The monoisotopic (exact) mass is 426 g/mol. The molecule has 3 rings (SSSR count). The number of hydrogen-bond donors (Lipinski definition) is 2. The molecule has 0 spiro atoms. The number of halogens is 1. The molecule has 7 heteroatoms. The number of rotatable bonds is 7. The van der Waals surface area contributed by atoms with Crippen molar-refractivity contribution in [1.29, 1.82) is 0 Å². The SMILES string of the molecule is O=C(CS(=O)CC(=O)Nc1ccccc1-c1ccccc1)Nc1ccc(Cl)cc1. The molecule has 0 heterocycles. The highest BCUT2D eigenvalue weighted by atomic mass is 35.5.